The molecule has 0 heterocycles. The van der Waals surface area contributed by atoms with Gasteiger partial charge in [0.1, 0.15) is 0 Å². The summed E-state index contributed by atoms with van der Waals surface area (Å²) in [6.45, 7) is 10.8. The van der Waals surface area contributed by atoms with Crippen molar-refractivity contribution in [1.29, 1.82) is 0 Å². The van der Waals surface area contributed by atoms with Crippen LogP contribution in [0.2, 0.25) is 0 Å². The third-order valence-electron chi connectivity index (χ3n) is 4.95. The summed E-state index contributed by atoms with van der Waals surface area (Å²) in [6.07, 6.45) is 0. The van der Waals surface area contributed by atoms with Gasteiger partial charge in [0.25, 0.3) is 5.91 Å². The van der Waals surface area contributed by atoms with Crippen LogP contribution < -0.4 is 25.4 Å². The maximum absolute atomic E-state index is 11.6. The summed E-state index contributed by atoms with van der Waals surface area (Å²) in [5, 5.41) is 9.42. The zero-order chi connectivity index (χ0) is 23.3. The number of carbonyl (C=O) groups is 1. The lowest BCUT2D eigenvalue weighted by atomic mass is 10.0. The molecule has 2 aromatic rings. The van der Waals surface area contributed by atoms with Crippen molar-refractivity contribution < 1.29 is 14.3 Å². The lowest BCUT2D eigenvalue weighted by molar-refractivity contribution is -0.123. The molecule has 1 amide bonds. The van der Waals surface area contributed by atoms with Crippen molar-refractivity contribution in [3.63, 3.8) is 0 Å². The number of nitrogens with zero attached hydrogens (tertiary/aromatic N) is 1. The summed E-state index contributed by atoms with van der Waals surface area (Å²) in [5.41, 5.74) is 3.54. The lowest BCUT2D eigenvalue weighted by Gasteiger charge is -2.17. The molecule has 32 heavy (non-hydrogen) atoms. The summed E-state index contributed by atoms with van der Waals surface area (Å²) < 4.78 is 11.0. The topological polar surface area (TPSA) is 84.0 Å². The van der Waals surface area contributed by atoms with Crippen LogP contribution in [0.25, 0.3) is 0 Å². The summed E-state index contributed by atoms with van der Waals surface area (Å²) in [5.74, 6) is 2.07. The van der Waals surface area contributed by atoms with E-state index in [1.54, 1.807) is 7.11 Å². The average Bonchev–Trinajstić information content (AvgIpc) is 2.80. The molecule has 0 fully saturated rings. The van der Waals surface area contributed by atoms with Gasteiger partial charge < -0.3 is 25.4 Å². The summed E-state index contributed by atoms with van der Waals surface area (Å²) in [4.78, 5) is 16.3. The monoisotopic (exact) mass is 440 g/mol. The number of likely N-dealkylation sites (N-methyl/N-ethyl adjacent to an activating group) is 1. The van der Waals surface area contributed by atoms with Gasteiger partial charge >= 0.3 is 0 Å². The number of hydrogen-bond donors (Lipinski definition) is 3. The first kappa shape index (κ1) is 25.0. The summed E-state index contributed by atoms with van der Waals surface area (Å²) >= 11 is 0. The van der Waals surface area contributed by atoms with Gasteiger partial charge in [-0.25, -0.2) is 4.99 Å². The molecule has 7 heteroatoms. The predicted octanol–water partition coefficient (Wildman–Crippen LogP) is 3.38. The van der Waals surface area contributed by atoms with Gasteiger partial charge in [-0.05, 0) is 49.9 Å². The average molecular weight is 441 g/mol. The van der Waals surface area contributed by atoms with Gasteiger partial charge in [0, 0.05) is 19.6 Å². The number of nitrogens with one attached hydrogen (secondary N) is 3. The van der Waals surface area contributed by atoms with Crippen molar-refractivity contribution in [2.75, 3.05) is 33.4 Å². The molecule has 1 unspecified atom stereocenters. The molecule has 0 spiro atoms. The van der Waals surface area contributed by atoms with Crippen molar-refractivity contribution in [2.24, 2.45) is 4.99 Å². The number of rotatable bonds is 11. The Labute approximate surface area is 191 Å². The fraction of sp³-hybridized carbons (Fsp3) is 0.440. The van der Waals surface area contributed by atoms with Crippen LogP contribution in [0.1, 0.15) is 43.4 Å². The van der Waals surface area contributed by atoms with Crippen LogP contribution in [0.3, 0.4) is 0 Å². The summed E-state index contributed by atoms with van der Waals surface area (Å²) in [6, 6.07) is 14.3. The second-order valence-electron chi connectivity index (χ2n) is 7.62. The molecule has 2 aromatic carbocycles. The van der Waals surface area contributed by atoms with Gasteiger partial charge in [-0.15, -0.1) is 0 Å². The van der Waals surface area contributed by atoms with Crippen LogP contribution in [-0.4, -0.2) is 45.2 Å². The Morgan fingerprint density at radius 1 is 1.00 bits per heavy atom. The lowest BCUT2D eigenvalue weighted by Crippen LogP contribution is -2.39. The van der Waals surface area contributed by atoms with E-state index in [-0.39, 0.29) is 12.5 Å². The molecule has 174 valence electrons. The minimum absolute atomic E-state index is 0.0463. The third-order valence-corrected chi connectivity index (χ3v) is 4.95. The molecule has 0 radical (unpaired) electrons. The van der Waals surface area contributed by atoms with Crippen LogP contribution in [-0.2, 0) is 11.3 Å². The van der Waals surface area contributed by atoms with E-state index in [1.807, 2.05) is 32.0 Å². The van der Waals surface area contributed by atoms with Gasteiger partial charge in [0.15, 0.2) is 24.1 Å². The Balaban J connectivity index is 1.98. The number of carbonyl (C=O) groups excluding carboxylic acids is 1. The number of hydrogen-bond acceptors (Lipinski definition) is 4. The molecule has 0 aliphatic heterocycles. The second kappa shape index (κ2) is 13.2. The van der Waals surface area contributed by atoms with Crippen LogP contribution in [0.15, 0.2) is 47.5 Å². The minimum Gasteiger partial charge on any atom is -0.493 e. The fourth-order valence-corrected chi connectivity index (χ4v) is 3.10. The van der Waals surface area contributed by atoms with Gasteiger partial charge in [-0.1, -0.05) is 42.8 Å². The normalized spacial score (nSPS) is 12.1. The summed E-state index contributed by atoms with van der Waals surface area (Å²) in [7, 11) is 1.58. The standard InChI is InChI=1S/C25H36N4O3/c1-6-26-24(30)17-32-22-13-10-20(14-23(22)31-5)16-29-25(27-7-2)28-15-19(4)21-11-8-18(3)9-12-21/h8-14,19H,6-7,15-17H2,1-5H3,(H,26,30)(H2,27,28,29). The minimum atomic E-state index is -0.163. The van der Waals surface area contributed by atoms with Crippen LogP contribution in [0, 0.1) is 6.92 Å². The van der Waals surface area contributed by atoms with E-state index in [4.69, 9.17) is 14.5 Å². The van der Waals surface area contributed by atoms with Crippen molar-refractivity contribution in [3.05, 3.63) is 59.2 Å². The molecule has 7 nitrogen and oxygen atoms in total. The molecule has 2 rings (SSSR count). The van der Waals surface area contributed by atoms with Crippen molar-refractivity contribution in [1.82, 2.24) is 16.0 Å². The smallest absolute Gasteiger partial charge is 0.257 e. The number of methoxy groups -OCH3 is 1. The maximum Gasteiger partial charge on any atom is 0.257 e. The molecule has 0 aromatic heterocycles. The Morgan fingerprint density at radius 3 is 2.38 bits per heavy atom. The first-order valence-corrected chi connectivity index (χ1v) is 11.1. The van der Waals surface area contributed by atoms with Gasteiger partial charge in [0.05, 0.1) is 13.7 Å². The quantitative estimate of drug-likeness (QED) is 0.369. The number of aryl methyl sites for hydroxylation is 1. The molecule has 3 N–H and O–H groups in total. The maximum atomic E-state index is 11.6. The van der Waals surface area contributed by atoms with Gasteiger partial charge in [-0.2, -0.15) is 0 Å². The van der Waals surface area contributed by atoms with E-state index in [0.29, 0.717) is 30.5 Å². The van der Waals surface area contributed by atoms with Crippen LogP contribution in [0.5, 0.6) is 11.5 Å². The van der Waals surface area contributed by atoms with E-state index in [9.17, 15) is 4.79 Å². The Bertz CT molecular complexity index is 881. The van der Waals surface area contributed by atoms with Crippen molar-refractivity contribution in [2.45, 2.75) is 40.2 Å². The number of aliphatic imine (C=N–C) groups is 1. The van der Waals surface area contributed by atoms with Crippen molar-refractivity contribution in [3.8, 4) is 11.5 Å². The van der Waals surface area contributed by atoms with E-state index >= 15 is 0 Å². The molecule has 0 saturated heterocycles. The van der Waals surface area contributed by atoms with Crippen molar-refractivity contribution >= 4 is 11.9 Å². The molecule has 1 atom stereocenters. The number of guanidine groups is 1. The highest BCUT2D eigenvalue weighted by molar-refractivity contribution is 5.79. The molecular formula is C25H36N4O3. The van der Waals surface area contributed by atoms with E-state index in [0.717, 1.165) is 24.6 Å². The Kier molecular flexibility index (Phi) is 10.4. The van der Waals surface area contributed by atoms with E-state index in [1.165, 1.54) is 11.1 Å². The number of ether oxygens (including phenoxy) is 2. The van der Waals surface area contributed by atoms with Crippen LogP contribution in [0.4, 0.5) is 0 Å². The molecule has 0 bridgehead atoms. The molecule has 0 aliphatic rings. The zero-order valence-corrected chi connectivity index (χ0v) is 19.8. The van der Waals surface area contributed by atoms with Gasteiger partial charge in [-0.3, -0.25) is 4.79 Å². The first-order chi connectivity index (χ1) is 15.5. The highest BCUT2D eigenvalue weighted by Gasteiger charge is 2.09. The van der Waals surface area contributed by atoms with E-state index < -0.39 is 0 Å². The fourth-order valence-electron chi connectivity index (χ4n) is 3.10. The Hall–Kier alpha value is -3.22. The molecular weight excluding hydrogens is 404 g/mol. The van der Waals surface area contributed by atoms with E-state index in [2.05, 4.69) is 54.1 Å². The number of amides is 1. The third kappa shape index (κ3) is 8.13. The number of benzene rings is 2. The van der Waals surface area contributed by atoms with Gasteiger partial charge in [0.2, 0.25) is 0 Å². The Morgan fingerprint density at radius 2 is 1.72 bits per heavy atom. The predicted molar refractivity (Wildman–Crippen MR) is 130 cm³/mol. The second-order valence-corrected chi connectivity index (χ2v) is 7.62. The first-order valence-electron chi connectivity index (χ1n) is 11.1. The zero-order valence-electron chi connectivity index (χ0n) is 19.8. The SMILES string of the molecule is CCNC(=O)COc1ccc(CN=C(NCC)NCC(C)c2ccc(C)cc2)cc1OC. The largest absolute Gasteiger partial charge is 0.493 e. The van der Waals surface area contributed by atoms with Crippen LogP contribution >= 0.6 is 0 Å². The molecule has 0 saturated carbocycles. The highest BCUT2D eigenvalue weighted by Crippen LogP contribution is 2.28. The highest BCUT2D eigenvalue weighted by atomic mass is 16.5. The molecule has 0 aliphatic carbocycles.